The van der Waals surface area contributed by atoms with Crippen molar-refractivity contribution in [2.75, 3.05) is 31.1 Å². The molecule has 1 aromatic heterocycles. The quantitative estimate of drug-likeness (QED) is 0.791. The predicted octanol–water partition coefficient (Wildman–Crippen LogP) is 0.791. The van der Waals surface area contributed by atoms with E-state index in [0.717, 1.165) is 31.3 Å². The number of nitrogens with one attached hydrogen (secondary N) is 1. The highest BCUT2D eigenvalue weighted by molar-refractivity contribution is 7.13. The number of aromatic nitrogens is 2. The Balaban J connectivity index is 0.000000720. The lowest BCUT2D eigenvalue weighted by Gasteiger charge is -2.26. The van der Waals surface area contributed by atoms with E-state index in [9.17, 15) is 0 Å². The van der Waals surface area contributed by atoms with E-state index in [-0.39, 0.29) is 24.8 Å². The maximum Gasteiger partial charge on any atom is 0.208 e. The van der Waals surface area contributed by atoms with Gasteiger partial charge in [-0.1, -0.05) is 11.3 Å². The van der Waals surface area contributed by atoms with Crippen LogP contribution in [0, 0.1) is 0 Å². The van der Waals surface area contributed by atoms with Crippen LogP contribution in [-0.4, -0.2) is 36.4 Å². The number of anilines is 1. The molecule has 0 aliphatic carbocycles. The first-order valence-electron chi connectivity index (χ1n) is 3.68. The maximum atomic E-state index is 4.01. The average Bonchev–Trinajstić information content (AvgIpc) is 2.58. The zero-order chi connectivity index (χ0) is 7.52. The fourth-order valence-electron chi connectivity index (χ4n) is 1.16. The molecule has 1 N–H and O–H groups in total. The fraction of sp³-hybridized carbons (Fsp3) is 0.667. The van der Waals surface area contributed by atoms with Crippen molar-refractivity contribution in [3.8, 4) is 0 Å². The van der Waals surface area contributed by atoms with Gasteiger partial charge in [0.05, 0.1) is 0 Å². The molecule has 1 aromatic rings. The minimum Gasteiger partial charge on any atom is -0.344 e. The van der Waals surface area contributed by atoms with Crippen LogP contribution in [0.1, 0.15) is 0 Å². The van der Waals surface area contributed by atoms with Crippen LogP contribution in [-0.2, 0) is 0 Å². The number of halogens is 2. The molecule has 0 spiro atoms. The van der Waals surface area contributed by atoms with E-state index in [1.807, 2.05) is 0 Å². The second-order valence-corrected chi connectivity index (χ2v) is 3.27. The molecule has 7 heteroatoms. The molecule has 0 atom stereocenters. The first-order chi connectivity index (χ1) is 5.47. The van der Waals surface area contributed by atoms with Crippen LogP contribution in [0.4, 0.5) is 5.13 Å². The zero-order valence-corrected chi connectivity index (χ0v) is 9.42. The second kappa shape index (κ2) is 6.37. The van der Waals surface area contributed by atoms with Gasteiger partial charge in [-0.3, -0.25) is 0 Å². The topological polar surface area (TPSA) is 41.1 Å². The number of rotatable bonds is 1. The van der Waals surface area contributed by atoms with Gasteiger partial charge in [0.15, 0.2) is 0 Å². The third-order valence-corrected chi connectivity index (χ3v) is 2.49. The molecule has 0 radical (unpaired) electrons. The number of hydrogen-bond donors (Lipinski definition) is 1. The highest BCUT2D eigenvalue weighted by Crippen LogP contribution is 2.15. The Morgan fingerprint density at radius 3 is 2.54 bits per heavy atom. The van der Waals surface area contributed by atoms with Gasteiger partial charge >= 0.3 is 0 Å². The van der Waals surface area contributed by atoms with Crippen molar-refractivity contribution in [3.05, 3.63) is 5.51 Å². The summed E-state index contributed by atoms with van der Waals surface area (Å²) in [5.41, 5.74) is 1.78. The third kappa shape index (κ3) is 3.27. The van der Waals surface area contributed by atoms with Crippen LogP contribution in [0.2, 0.25) is 0 Å². The van der Waals surface area contributed by atoms with Gasteiger partial charge in [0.1, 0.15) is 5.51 Å². The monoisotopic (exact) mass is 242 g/mol. The summed E-state index contributed by atoms with van der Waals surface area (Å²) in [6.45, 7) is 4.21. The molecule has 1 aliphatic heterocycles. The first kappa shape index (κ1) is 12.9. The van der Waals surface area contributed by atoms with Crippen molar-refractivity contribution in [1.82, 2.24) is 15.5 Å². The van der Waals surface area contributed by atoms with E-state index in [4.69, 9.17) is 0 Å². The minimum absolute atomic E-state index is 0. The molecule has 2 heterocycles. The highest BCUT2D eigenvalue weighted by Gasteiger charge is 2.11. The van der Waals surface area contributed by atoms with E-state index < -0.39 is 0 Å². The minimum atomic E-state index is 0. The molecule has 13 heavy (non-hydrogen) atoms. The van der Waals surface area contributed by atoms with Crippen molar-refractivity contribution >= 4 is 41.3 Å². The molecular weight excluding hydrogens is 231 g/mol. The summed E-state index contributed by atoms with van der Waals surface area (Å²) in [5.74, 6) is 0. The Labute approximate surface area is 93.5 Å². The van der Waals surface area contributed by atoms with Crippen LogP contribution in [0.5, 0.6) is 0 Å². The summed E-state index contributed by atoms with van der Waals surface area (Å²) in [7, 11) is 0. The number of nitrogens with zero attached hydrogens (tertiary/aromatic N) is 3. The molecule has 76 valence electrons. The largest absolute Gasteiger partial charge is 0.344 e. The Bertz CT molecular complexity index is 212. The third-order valence-electron chi connectivity index (χ3n) is 1.74. The van der Waals surface area contributed by atoms with Gasteiger partial charge in [-0.2, -0.15) is 0 Å². The smallest absolute Gasteiger partial charge is 0.208 e. The summed E-state index contributed by atoms with van der Waals surface area (Å²) >= 11 is 1.61. The lowest BCUT2D eigenvalue weighted by Crippen LogP contribution is -2.43. The normalized spacial score (nSPS) is 15.8. The Hall–Kier alpha value is -0.100. The predicted molar refractivity (Wildman–Crippen MR) is 59.5 cm³/mol. The van der Waals surface area contributed by atoms with Crippen LogP contribution in [0.15, 0.2) is 5.51 Å². The van der Waals surface area contributed by atoms with Crippen LogP contribution in [0.25, 0.3) is 0 Å². The van der Waals surface area contributed by atoms with Crippen LogP contribution in [0.3, 0.4) is 0 Å². The summed E-state index contributed by atoms with van der Waals surface area (Å²) in [4.78, 5) is 2.26. The summed E-state index contributed by atoms with van der Waals surface area (Å²) < 4.78 is 0. The molecule has 2 rings (SSSR count). The fourth-order valence-corrected chi connectivity index (χ4v) is 1.78. The van der Waals surface area contributed by atoms with Gasteiger partial charge in [-0.25, -0.2) is 0 Å². The highest BCUT2D eigenvalue weighted by atomic mass is 35.5. The van der Waals surface area contributed by atoms with Crippen molar-refractivity contribution in [2.24, 2.45) is 0 Å². The number of hydrogen-bond acceptors (Lipinski definition) is 5. The lowest BCUT2D eigenvalue weighted by atomic mass is 10.4. The van der Waals surface area contributed by atoms with Crippen LogP contribution < -0.4 is 10.2 Å². The molecule has 1 fully saturated rings. The molecule has 0 aromatic carbocycles. The van der Waals surface area contributed by atoms with Gasteiger partial charge in [0.25, 0.3) is 0 Å². The van der Waals surface area contributed by atoms with Gasteiger partial charge in [-0.15, -0.1) is 35.0 Å². The lowest BCUT2D eigenvalue weighted by molar-refractivity contribution is 0.587. The van der Waals surface area contributed by atoms with Crippen molar-refractivity contribution < 1.29 is 0 Å². The molecular formula is C6H12Cl2N4S. The van der Waals surface area contributed by atoms with E-state index in [0.29, 0.717) is 0 Å². The van der Waals surface area contributed by atoms with E-state index >= 15 is 0 Å². The average molecular weight is 243 g/mol. The summed E-state index contributed by atoms with van der Waals surface area (Å²) in [6, 6.07) is 0. The molecule has 1 aliphatic rings. The van der Waals surface area contributed by atoms with E-state index in [1.54, 1.807) is 16.8 Å². The zero-order valence-electron chi connectivity index (χ0n) is 6.97. The van der Waals surface area contributed by atoms with Crippen LogP contribution >= 0.6 is 36.2 Å². The Morgan fingerprint density at radius 1 is 1.31 bits per heavy atom. The summed E-state index contributed by atoms with van der Waals surface area (Å²) in [5, 5.41) is 12.1. The summed E-state index contributed by atoms with van der Waals surface area (Å²) in [6.07, 6.45) is 0. The Kier molecular flexibility index (Phi) is 6.32. The van der Waals surface area contributed by atoms with E-state index in [1.165, 1.54) is 0 Å². The second-order valence-electron chi connectivity index (χ2n) is 2.46. The van der Waals surface area contributed by atoms with Gasteiger partial charge in [0.2, 0.25) is 5.13 Å². The van der Waals surface area contributed by atoms with Crippen molar-refractivity contribution in [2.45, 2.75) is 0 Å². The van der Waals surface area contributed by atoms with Gasteiger partial charge < -0.3 is 10.2 Å². The molecule has 1 saturated heterocycles. The first-order valence-corrected chi connectivity index (χ1v) is 4.56. The molecule has 0 bridgehead atoms. The number of piperazine rings is 1. The Morgan fingerprint density at radius 2 is 2.00 bits per heavy atom. The SMILES string of the molecule is Cl.Cl.c1nnc(N2CCNCC2)s1. The molecule has 4 nitrogen and oxygen atoms in total. The molecule has 0 amide bonds. The van der Waals surface area contributed by atoms with Crippen molar-refractivity contribution in [1.29, 1.82) is 0 Å². The van der Waals surface area contributed by atoms with Gasteiger partial charge in [0, 0.05) is 26.2 Å². The van der Waals surface area contributed by atoms with Crippen molar-refractivity contribution in [3.63, 3.8) is 0 Å². The maximum absolute atomic E-state index is 4.01. The van der Waals surface area contributed by atoms with E-state index in [2.05, 4.69) is 20.4 Å². The standard InChI is InChI=1S/C6H10N4S.2ClH/c1-3-10(4-2-7-1)6-9-8-5-11-6;;/h5,7H,1-4H2;2*1H. The molecule has 0 saturated carbocycles. The van der Waals surface area contributed by atoms with Gasteiger partial charge in [-0.05, 0) is 0 Å². The molecule has 0 unspecified atom stereocenters.